The van der Waals surface area contributed by atoms with Crippen LogP contribution in [0.15, 0.2) is 33.0 Å². The lowest BCUT2D eigenvalue weighted by molar-refractivity contribution is -0.141. The molecule has 1 aliphatic heterocycles. The molecule has 1 saturated heterocycles. The van der Waals surface area contributed by atoms with Gasteiger partial charge in [0.25, 0.3) is 0 Å². The van der Waals surface area contributed by atoms with Gasteiger partial charge in [0.2, 0.25) is 11.8 Å². The lowest BCUT2D eigenvalue weighted by Crippen LogP contribution is -2.40. The highest BCUT2D eigenvalue weighted by molar-refractivity contribution is 8.15. The Balaban J connectivity index is 1.87. The second kappa shape index (κ2) is 7.58. The molecule has 10 heteroatoms. The molecule has 0 aromatic carbocycles. The molecule has 1 aromatic heterocycles. The number of hydrogen-bond donors (Lipinski definition) is 3. The molecule has 0 radical (unpaired) electrons. The number of aliphatic carboxylic acids is 1. The first-order valence-electron chi connectivity index (χ1n) is 6.60. The van der Waals surface area contributed by atoms with Crippen LogP contribution in [0.4, 0.5) is 0 Å². The summed E-state index contributed by atoms with van der Waals surface area (Å²) in [5, 5.41) is 20.7. The van der Waals surface area contributed by atoms with Crippen molar-refractivity contribution < 1.29 is 23.9 Å². The van der Waals surface area contributed by atoms with Crippen molar-refractivity contribution in [2.24, 2.45) is 10.2 Å². The minimum atomic E-state index is -1.14. The number of nitrogens with one attached hydrogen (secondary N) is 2. The number of amidine groups is 1. The van der Waals surface area contributed by atoms with Crippen molar-refractivity contribution in [2.45, 2.75) is 24.6 Å². The van der Waals surface area contributed by atoms with Gasteiger partial charge >= 0.3 is 5.97 Å². The molecule has 23 heavy (non-hydrogen) atoms. The highest BCUT2D eigenvalue weighted by Gasteiger charge is 2.32. The van der Waals surface area contributed by atoms with Crippen molar-refractivity contribution in [1.82, 2.24) is 10.6 Å². The van der Waals surface area contributed by atoms with Crippen LogP contribution in [0.1, 0.15) is 19.1 Å². The van der Waals surface area contributed by atoms with E-state index >= 15 is 0 Å². The van der Waals surface area contributed by atoms with Gasteiger partial charge in [0, 0.05) is 6.42 Å². The number of rotatable bonds is 6. The zero-order valence-corrected chi connectivity index (χ0v) is 12.9. The van der Waals surface area contributed by atoms with Crippen molar-refractivity contribution in [3.8, 4) is 0 Å². The summed E-state index contributed by atoms with van der Waals surface area (Å²) in [7, 11) is 0. The van der Waals surface area contributed by atoms with Gasteiger partial charge < -0.3 is 20.2 Å². The van der Waals surface area contributed by atoms with Crippen molar-refractivity contribution in [1.29, 1.82) is 0 Å². The van der Waals surface area contributed by atoms with E-state index in [4.69, 9.17) is 9.52 Å². The Bertz CT molecular complexity index is 655. The molecular formula is C13H14N4O5S. The Hall–Kier alpha value is -2.62. The number of carboxylic acid groups (broad SMARTS) is 1. The third-order valence-corrected chi connectivity index (χ3v) is 3.84. The maximum atomic E-state index is 11.8. The van der Waals surface area contributed by atoms with E-state index in [9.17, 15) is 14.4 Å². The fourth-order valence-electron chi connectivity index (χ4n) is 1.62. The highest BCUT2D eigenvalue weighted by atomic mass is 32.2. The fourth-order valence-corrected chi connectivity index (χ4v) is 2.54. The van der Waals surface area contributed by atoms with E-state index in [1.165, 1.54) is 19.4 Å². The van der Waals surface area contributed by atoms with E-state index in [1.54, 1.807) is 12.1 Å². The van der Waals surface area contributed by atoms with Crippen LogP contribution < -0.4 is 10.6 Å². The number of carbonyl (C=O) groups excluding carboxylic acids is 2. The Morgan fingerprint density at radius 3 is 3.04 bits per heavy atom. The summed E-state index contributed by atoms with van der Waals surface area (Å²) < 4.78 is 5.04. The van der Waals surface area contributed by atoms with Crippen LogP contribution in [0.3, 0.4) is 0 Å². The van der Waals surface area contributed by atoms with Gasteiger partial charge in [-0.15, -0.1) is 5.10 Å². The highest BCUT2D eigenvalue weighted by Crippen LogP contribution is 2.22. The summed E-state index contributed by atoms with van der Waals surface area (Å²) in [5.74, 6) is -1.52. The molecule has 0 aliphatic carbocycles. The second-order valence-electron chi connectivity index (χ2n) is 4.59. The Kier molecular flexibility index (Phi) is 5.52. The SMILES string of the molecule is C[C@H](NC(=O)C[C@@H]1S/C(=N/N=Cc2ccco2)NC1=O)C(=O)O. The Morgan fingerprint density at radius 2 is 2.39 bits per heavy atom. The molecule has 1 fully saturated rings. The molecule has 0 saturated carbocycles. The van der Waals surface area contributed by atoms with Crippen LogP contribution in [0, 0.1) is 0 Å². The molecule has 2 amide bonds. The van der Waals surface area contributed by atoms with Crippen LogP contribution in [-0.4, -0.2) is 45.6 Å². The molecule has 1 aliphatic rings. The Morgan fingerprint density at radius 1 is 1.61 bits per heavy atom. The lowest BCUT2D eigenvalue weighted by atomic mass is 10.2. The molecule has 2 atom stereocenters. The quantitative estimate of drug-likeness (QED) is 0.500. The van der Waals surface area contributed by atoms with E-state index in [0.29, 0.717) is 5.76 Å². The number of carbonyl (C=O) groups is 3. The van der Waals surface area contributed by atoms with Gasteiger partial charge in [-0.05, 0) is 19.1 Å². The number of carboxylic acids is 1. The third-order valence-electron chi connectivity index (χ3n) is 2.77. The topological polar surface area (TPSA) is 133 Å². The first-order chi connectivity index (χ1) is 11.0. The number of hydrogen-bond acceptors (Lipinski definition) is 7. The van der Waals surface area contributed by atoms with Gasteiger partial charge in [0.15, 0.2) is 5.17 Å². The number of thioether (sulfide) groups is 1. The summed E-state index contributed by atoms with van der Waals surface area (Å²) in [6.45, 7) is 1.35. The fraction of sp³-hybridized carbons (Fsp3) is 0.308. The Labute approximate surface area is 135 Å². The first-order valence-corrected chi connectivity index (χ1v) is 7.48. The zero-order valence-electron chi connectivity index (χ0n) is 12.1. The minimum Gasteiger partial charge on any atom is -0.480 e. The molecule has 0 spiro atoms. The van der Waals surface area contributed by atoms with Gasteiger partial charge in [0.1, 0.15) is 17.1 Å². The molecule has 122 valence electrons. The summed E-state index contributed by atoms with van der Waals surface area (Å²) in [6.07, 6.45) is 2.73. The van der Waals surface area contributed by atoms with Crippen LogP contribution in [0.5, 0.6) is 0 Å². The van der Waals surface area contributed by atoms with Gasteiger partial charge in [-0.3, -0.25) is 14.4 Å². The molecule has 0 bridgehead atoms. The van der Waals surface area contributed by atoms with Gasteiger partial charge in [-0.2, -0.15) is 5.10 Å². The molecular weight excluding hydrogens is 324 g/mol. The van der Waals surface area contributed by atoms with Crippen LogP contribution >= 0.6 is 11.8 Å². The van der Waals surface area contributed by atoms with E-state index < -0.39 is 23.2 Å². The van der Waals surface area contributed by atoms with Crippen molar-refractivity contribution in [3.63, 3.8) is 0 Å². The second-order valence-corrected chi connectivity index (χ2v) is 5.78. The predicted octanol–water partition coefficient (Wildman–Crippen LogP) is 0.180. The maximum absolute atomic E-state index is 11.8. The normalized spacial score (nSPS) is 20.7. The van der Waals surface area contributed by atoms with Crippen LogP contribution in [0.2, 0.25) is 0 Å². The zero-order chi connectivity index (χ0) is 16.8. The largest absolute Gasteiger partial charge is 0.480 e. The smallest absolute Gasteiger partial charge is 0.325 e. The van der Waals surface area contributed by atoms with E-state index in [-0.39, 0.29) is 17.5 Å². The number of nitrogens with zero attached hydrogens (tertiary/aromatic N) is 2. The number of furan rings is 1. The van der Waals surface area contributed by atoms with Gasteiger partial charge in [-0.1, -0.05) is 11.8 Å². The molecule has 0 unspecified atom stereocenters. The van der Waals surface area contributed by atoms with Gasteiger partial charge in [0.05, 0.1) is 12.5 Å². The average molecular weight is 338 g/mol. The van der Waals surface area contributed by atoms with E-state index in [2.05, 4.69) is 20.8 Å². The lowest BCUT2D eigenvalue weighted by Gasteiger charge is -2.10. The monoisotopic (exact) mass is 338 g/mol. The van der Waals surface area contributed by atoms with Crippen LogP contribution in [-0.2, 0) is 14.4 Å². The molecule has 9 nitrogen and oxygen atoms in total. The third kappa shape index (κ3) is 4.95. The van der Waals surface area contributed by atoms with E-state index in [1.807, 2.05) is 0 Å². The summed E-state index contributed by atoms with van der Waals surface area (Å²) >= 11 is 1.06. The average Bonchev–Trinajstić information content (AvgIpc) is 3.09. The van der Waals surface area contributed by atoms with Crippen LogP contribution in [0.25, 0.3) is 0 Å². The van der Waals surface area contributed by atoms with Crippen molar-refractivity contribution >= 4 is 40.9 Å². The number of amides is 2. The molecule has 3 N–H and O–H groups in total. The van der Waals surface area contributed by atoms with Crippen molar-refractivity contribution in [3.05, 3.63) is 24.2 Å². The summed E-state index contributed by atoms with van der Waals surface area (Å²) in [6, 6.07) is 2.39. The summed E-state index contributed by atoms with van der Waals surface area (Å²) in [5.41, 5.74) is 0. The maximum Gasteiger partial charge on any atom is 0.325 e. The minimum absolute atomic E-state index is 0.144. The standard InChI is InChI=1S/C13H14N4O5S/c1-7(12(20)21)15-10(18)5-9-11(19)16-13(23-9)17-14-6-8-3-2-4-22-8/h2-4,6-7,9H,5H2,1H3,(H,15,18)(H,20,21)(H,16,17,19)/t7-,9-/m0/s1. The molecule has 2 rings (SSSR count). The van der Waals surface area contributed by atoms with Gasteiger partial charge in [-0.25, -0.2) is 0 Å². The molecule has 1 aromatic rings. The summed E-state index contributed by atoms with van der Waals surface area (Å²) in [4.78, 5) is 34.1. The van der Waals surface area contributed by atoms with E-state index in [0.717, 1.165) is 11.8 Å². The van der Waals surface area contributed by atoms with Crippen molar-refractivity contribution in [2.75, 3.05) is 0 Å². The molecule has 2 heterocycles. The predicted molar refractivity (Wildman–Crippen MR) is 83.1 cm³/mol. The first kappa shape index (κ1) is 16.7.